The molecular formula is C16H23N5O4S. The van der Waals surface area contributed by atoms with Gasteiger partial charge in [0, 0.05) is 33.2 Å². The van der Waals surface area contributed by atoms with Gasteiger partial charge in [0.2, 0.25) is 10.0 Å². The Morgan fingerprint density at radius 1 is 1.15 bits per heavy atom. The van der Waals surface area contributed by atoms with Crippen molar-refractivity contribution in [1.82, 2.24) is 24.1 Å². The molecule has 26 heavy (non-hydrogen) atoms. The molecule has 9 nitrogen and oxygen atoms in total. The van der Waals surface area contributed by atoms with E-state index in [0.29, 0.717) is 48.8 Å². The van der Waals surface area contributed by atoms with Crippen LogP contribution in [0.2, 0.25) is 0 Å². The van der Waals surface area contributed by atoms with Gasteiger partial charge in [0.1, 0.15) is 16.2 Å². The van der Waals surface area contributed by atoms with Crippen LogP contribution in [0.1, 0.15) is 33.9 Å². The van der Waals surface area contributed by atoms with Crippen LogP contribution in [-0.2, 0) is 17.1 Å². The van der Waals surface area contributed by atoms with Crippen LogP contribution in [0.25, 0.3) is 0 Å². The predicted octanol–water partition coefficient (Wildman–Crippen LogP) is 0.870. The van der Waals surface area contributed by atoms with E-state index in [4.69, 9.17) is 4.52 Å². The lowest BCUT2D eigenvalue weighted by Gasteiger charge is -2.21. The van der Waals surface area contributed by atoms with Gasteiger partial charge in [-0.25, -0.2) is 8.42 Å². The quantitative estimate of drug-likeness (QED) is 0.782. The Balaban J connectivity index is 1.80. The molecule has 2 aromatic rings. The van der Waals surface area contributed by atoms with Gasteiger partial charge in [0.15, 0.2) is 0 Å². The molecule has 0 N–H and O–H groups in total. The Bertz CT molecular complexity index is 931. The summed E-state index contributed by atoms with van der Waals surface area (Å²) in [7, 11) is -1.93. The zero-order valence-corrected chi connectivity index (χ0v) is 16.2. The van der Waals surface area contributed by atoms with Gasteiger partial charge in [0.05, 0.1) is 17.6 Å². The Hall–Kier alpha value is -2.20. The van der Waals surface area contributed by atoms with E-state index in [-0.39, 0.29) is 17.3 Å². The minimum atomic E-state index is -3.66. The molecule has 3 heterocycles. The van der Waals surface area contributed by atoms with Crippen molar-refractivity contribution in [1.29, 1.82) is 0 Å². The van der Waals surface area contributed by atoms with Crippen molar-refractivity contribution in [3.8, 4) is 0 Å². The van der Waals surface area contributed by atoms with Gasteiger partial charge in [-0.15, -0.1) is 0 Å². The smallest absolute Gasteiger partial charge is 0.259 e. The molecule has 0 unspecified atom stereocenters. The molecule has 0 saturated carbocycles. The van der Waals surface area contributed by atoms with Gasteiger partial charge in [-0.05, 0) is 27.2 Å². The molecule has 1 amide bonds. The number of rotatable bonds is 3. The second kappa shape index (κ2) is 6.84. The fourth-order valence-electron chi connectivity index (χ4n) is 3.27. The summed E-state index contributed by atoms with van der Waals surface area (Å²) in [6.07, 6.45) is 1.97. The fraction of sp³-hybridized carbons (Fsp3) is 0.562. The lowest BCUT2D eigenvalue weighted by molar-refractivity contribution is 0.0762. The third-order valence-electron chi connectivity index (χ3n) is 4.76. The number of aromatic nitrogens is 3. The normalized spacial score (nSPS) is 16.7. The van der Waals surface area contributed by atoms with Crippen molar-refractivity contribution in [2.75, 3.05) is 26.2 Å². The van der Waals surface area contributed by atoms with E-state index >= 15 is 0 Å². The third-order valence-corrected chi connectivity index (χ3v) is 6.92. The second-order valence-electron chi connectivity index (χ2n) is 6.47. The number of aryl methyl sites for hydroxylation is 3. The van der Waals surface area contributed by atoms with Crippen molar-refractivity contribution >= 4 is 15.9 Å². The topological polar surface area (TPSA) is 102 Å². The Morgan fingerprint density at radius 3 is 2.46 bits per heavy atom. The maximum atomic E-state index is 13.1. The molecule has 0 radical (unpaired) electrons. The first-order chi connectivity index (χ1) is 12.2. The van der Waals surface area contributed by atoms with Crippen LogP contribution in [0.4, 0.5) is 0 Å². The van der Waals surface area contributed by atoms with Crippen molar-refractivity contribution in [3.05, 3.63) is 28.9 Å². The van der Waals surface area contributed by atoms with E-state index < -0.39 is 10.0 Å². The van der Waals surface area contributed by atoms with Crippen molar-refractivity contribution in [2.24, 2.45) is 7.05 Å². The van der Waals surface area contributed by atoms with E-state index in [0.717, 1.165) is 0 Å². The maximum Gasteiger partial charge on any atom is 0.259 e. The van der Waals surface area contributed by atoms with Gasteiger partial charge < -0.3 is 9.42 Å². The minimum absolute atomic E-state index is 0.184. The molecule has 1 aliphatic rings. The number of nitrogens with zero attached hydrogens (tertiary/aromatic N) is 5. The van der Waals surface area contributed by atoms with Crippen LogP contribution in [-0.4, -0.2) is 64.6 Å². The Morgan fingerprint density at radius 2 is 1.88 bits per heavy atom. The Labute approximate surface area is 152 Å². The average molecular weight is 381 g/mol. The Kier molecular flexibility index (Phi) is 4.89. The lowest BCUT2D eigenvalue weighted by atomic mass is 10.2. The zero-order valence-electron chi connectivity index (χ0n) is 15.4. The zero-order chi connectivity index (χ0) is 19.1. The van der Waals surface area contributed by atoms with E-state index in [1.54, 1.807) is 37.4 Å². The molecular weight excluding hydrogens is 358 g/mol. The van der Waals surface area contributed by atoms with Crippen LogP contribution in [0.5, 0.6) is 0 Å². The first-order valence-electron chi connectivity index (χ1n) is 8.44. The number of hydrogen-bond donors (Lipinski definition) is 0. The van der Waals surface area contributed by atoms with Crippen molar-refractivity contribution in [3.63, 3.8) is 0 Å². The minimum Gasteiger partial charge on any atom is -0.361 e. The monoisotopic (exact) mass is 381 g/mol. The number of sulfonamides is 1. The third kappa shape index (κ3) is 3.14. The fourth-order valence-corrected chi connectivity index (χ4v) is 5.14. The molecule has 2 aromatic heterocycles. The van der Waals surface area contributed by atoms with Gasteiger partial charge >= 0.3 is 0 Å². The van der Waals surface area contributed by atoms with Crippen LogP contribution in [0.15, 0.2) is 15.6 Å². The highest BCUT2D eigenvalue weighted by molar-refractivity contribution is 7.89. The van der Waals surface area contributed by atoms with Crippen LogP contribution < -0.4 is 0 Å². The first kappa shape index (κ1) is 18.6. The molecule has 10 heteroatoms. The van der Waals surface area contributed by atoms with E-state index in [1.165, 1.54) is 10.5 Å². The molecule has 142 valence electrons. The largest absolute Gasteiger partial charge is 0.361 e. The van der Waals surface area contributed by atoms with Crippen LogP contribution in [0.3, 0.4) is 0 Å². The highest BCUT2D eigenvalue weighted by Gasteiger charge is 2.33. The lowest BCUT2D eigenvalue weighted by Crippen LogP contribution is -2.37. The molecule has 0 spiro atoms. The molecule has 0 aromatic carbocycles. The first-order valence-corrected chi connectivity index (χ1v) is 9.88. The second-order valence-corrected chi connectivity index (χ2v) is 8.34. The summed E-state index contributed by atoms with van der Waals surface area (Å²) >= 11 is 0. The van der Waals surface area contributed by atoms with E-state index in [9.17, 15) is 13.2 Å². The molecule has 3 rings (SSSR count). The summed E-state index contributed by atoms with van der Waals surface area (Å²) in [4.78, 5) is 14.5. The summed E-state index contributed by atoms with van der Waals surface area (Å²) in [5, 5.41) is 7.85. The number of carbonyl (C=O) groups excluding carboxylic acids is 1. The summed E-state index contributed by atoms with van der Waals surface area (Å²) in [5.41, 5.74) is 1.52. The maximum absolute atomic E-state index is 13.1. The molecule has 0 bridgehead atoms. The summed E-state index contributed by atoms with van der Waals surface area (Å²) in [6, 6.07) is 0. The van der Waals surface area contributed by atoms with Crippen LogP contribution >= 0.6 is 0 Å². The summed E-state index contributed by atoms with van der Waals surface area (Å²) in [6.45, 7) is 6.54. The van der Waals surface area contributed by atoms with E-state index in [1.807, 2.05) is 0 Å². The summed E-state index contributed by atoms with van der Waals surface area (Å²) < 4.78 is 34.2. The number of hydrogen-bond acceptors (Lipinski definition) is 6. The standard InChI is InChI=1S/C16H23N5O4S/c1-11-15(12(2)19(4)18-11)26(23,24)21-7-5-6-20(8-9-21)16(22)14-10-17-25-13(14)3/h10H,5-9H2,1-4H3. The molecule has 0 aliphatic carbocycles. The molecule has 0 atom stereocenters. The van der Waals surface area contributed by atoms with Crippen molar-refractivity contribution in [2.45, 2.75) is 32.1 Å². The SMILES string of the molecule is Cc1nn(C)c(C)c1S(=O)(=O)N1CCCN(C(=O)c2cnoc2C)CC1. The van der Waals surface area contributed by atoms with Gasteiger partial charge in [-0.3, -0.25) is 9.48 Å². The van der Waals surface area contributed by atoms with Gasteiger partial charge in [0.25, 0.3) is 5.91 Å². The highest BCUT2D eigenvalue weighted by atomic mass is 32.2. The average Bonchev–Trinajstić information content (AvgIpc) is 2.99. The van der Waals surface area contributed by atoms with Crippen molar-refractivity contribution < 1.29 is 17.7 Å². The highest BCUT2D eigenvalue weighted by Crippen LogP contribution is 2.24. The molecule has 1 saturated heterocycles. The predicted molar refractivity (Wildman–Crippen MR) is 93.2 cm³/mol. The number of carbonyl (C=O) groups is 1. The van der Waals surface area contributed by atoms with Crippen LogP contribution in [0, 0.1) is 20.8 Å². The molecule has 1 fully saturated rings. The van der Waals surface area contributed by atoms with Gasteiger partial charge in [-0.1, -0.05) is 5.16 Å². The van der Waals surface area contributed by atoms with Gasteiger partial charge in [-0.2, -0.15) is 9.40 Å². The van der Waals surface area contributed by atoms with E-state index in [2.05, 4.69) is 10.3 Å². The molecule has 1 aliphatic heterocycles. The number of amides is 1. The summed E-state index contributed by atoms with van der Waals surface area (Å²) in [5.74, 6) is 0.280.